The summed E-state index contributed by atoms with van der Waals surface area (Å²) in [6.07, 6.45) is 5.85. The second kappa shape index (κ2) is 5.41. The van der Waals surface area contributed by atoms with Crippen molar-refractivity contribution in [1.29, 1.82) is 0 Å². The Morgan fingerprint density at radius 2 is 2.00 bits per heavy atom. The van der Waals surface area contributed by atoms with Gasteiger partial charge >= 0.3 is 0 Å². The highest BCUT2D eigenvalue weighted by Gasteiger charge is 2.21. The van der Waals surface area contributed by atoms with Crippen LogP contribution < -0.4 is 5.73 Å². The Bertz CT molecular complexity index is 615. The van der Waals surface area contributed by atoms with Crippen LogP contribution in [0.4, 0.5) is 0 Å². The van der Waals surface area contributed by atoms with Gasteiger partial charge in [0.15, 0.2) is 0 Å². The zero-order valence-electron chi connectivity index (χ0n) is 12.1. The molecule has 0 unspecified atom stereocenters. The first kappa shape index (κ1) is 14.2. The summed E-state index contributed by atoms with van der Waals surface area (Å²) in [6, 6.07) is 5.75. The number of nitrogens with zero attached hydrogens (tertiary/aromatic N) is 2. The number of hydrogen-bond acceptors (Lipinski definition) is 3. The first-order valence-electron chi connectivity index (χ1n) is 6.56. The van der Waals surface area contributed by atoms with Crippen LogP contribution in [0.25, 0.3) is 11.1 Å². The number of carbonyl (C=O) groups is 1. The SMILES string of the molecule is CC(C)(C)Cc1c(-c2cccnc2)ccnc1C(N)=O. The molecule has 0 aliphatic heterocycles. The topological polar surface area (TPSA) is 68.9 Å². The summed E-state index contributed by atoms with van der Waals surface area (Å²) in [5.41, 5.74) is 8.67. The lowest BCUT2D eigenvalue weighted by Crippen LogP contribution is -2.20. The second-order valence-corrected chi connectivity index (χ2v) is 6.03. The van der Waals surface area contributed by atoms with Gasteiger partial charge in [0, 0.05) is 24.2 Å². The lowest BCUT2D eigenvalue weighted by molar-refractivity contribution is 0.0994. The van der Waals surface area contributed by atoms with Gasteiger partial charge in [-0.1, -0.05) is 26.8 Å². The molecule has 0 saturated heterocycles. The number of rotatable bonds is 3. The van der Waals surface area contributed by atoms with E-state index in [-0.39, 0.29) is 5.41 Å². The molecule has 20 heavy (non-hydrogen) atoms. The van der Waals surface area contributed by atoms with Gasteiger partial charge in [0.2, 0.25) is 0 Å². The van der Waals surface area contributed by atoms with E-state index in [2.05, 4.69) is 30.7 Å². The average molecular weight is 269 g/mol. The standard InChI is InChI=1S/C16H19N3O/c1-16(2,3)9-13-12(11-5-4-7-18-10-11)6-8-19-14(13)15(17)20/h4-8,10H,9H2,1-3H3,(H2,17,20). The smallest absolute Gasteiger partial charge is 0.267 e. The quantitative estimate of drug-likeness (QED) is 0.931. The number of hydrogen-bond donors (Lipinski definition) is 1. The van der Waals surface area contributed by atoms with Gasteiger partial charge in [-0.3, -0.25) is 14.8 Å². The van der Waals surface area contributed by atoms with Crippen molar-refractivity contribution in [3.8, 4) is 11.1 Å². The lowest BCUT2D eigenvalue weighted by atomic mass is 9.84. The Morgan fingerprint density at radius 3 is 2.55 bits per heavy atom. The summed E-state index contributed by atoms with van der Waals surface area (Å²) in [4.78, 5) is 19.9. The maximum Gasteiger partial charge on any atom is 0.267 e. The highest BCUT2D eigenvalue weighted by atomic mass is 16.1. The van der Waals surface area contributed by atoms with E-state index in [9.17, 15) is 4.79 Å². The maximum absolute atomic E-state index is 11.6. The van der Waals surface area contributed by atoms with E-state index in [0.717, 1.165) is 23.1 Å². The summed E-state index contributed by atoms with van der Waals surface area (Å²) in [6.45, 7) is 6.37. The Morgan fingerprint density at radius 1 is 1.25 bits per heavy atom. The zero-order valence-corrected chi connectivity index (χ0v) is 12.1. The minimum absolute atomic E-state index is 0.0319. The van der Waals surface area contributed by atoms with Crippen LogP contribution in [0.2, 0.25) is 0 Å². The fourth-order valence-electron chi connectivity index (χ4n) is 2.21. The zero-order chi connectivity index (χ0) is 14.8. The highest BCUT2D eigenvalue weighted by molar-refractivity contribution is 5.94. The van der Waals surface area contributed by atoms with Crippen LogP contribution in [-0.4, -0.2) is 15.9 Å². The molecule has 4 nitrogen and oxygen atoms in total. The molecule has 104 valence electrons. The summed E-state index contributed by atoms with van der Waals surface area (Å²) < 4.78 is 0. The monoisotopic (exact) mass is 269 g/mol. The van der Waals surface area contributed by atoms with Crippen molar-refractivity contribution in [2.45, 2.75) is 27.2 Å². The Hall–Kier alpha value is -2.23. The molecule has 0 atom stereocenters. The Labute approximate surface area is 119 Å². The molecule has 0 aliphatic carbocycles. The molecule has 4 heteroatoms. The van der Waals surface area contributed by atoms with E-state index < -0.39 is 5.91 Å². The van der Waals surface area contributed by atoms with Crippen molar-refractivity contribution in [1.82, 2.24) is 9.97 Å². The summed E-state index contributed by atoms with van der Waals surface area (Å²) >= 11 is 0. The van der Waals surface area contributed by atoms with Crippen molar-refractivity contribution in [3.05, 3.63) is 48.0 Å². The molecule has 0 aliphatic rings. The van der Waals surface area contributed by atoms with Crippen LogP contribution in [0.3, 0.4) is 0 Å². The molecule has 2 aromatic rings. The molecule has 0 fully saturated rings. The van der Waals surface area contributed by atoms with Crippen LogP contribution in [0.5, 0.6) is 0 Å². The molecule has 2 heterocycles. The Kier molecular flexibility index (Phi) is 3.84. The predicted molar refractivity (Wildman–Crippen MR) is 79.1 cm³/mol. The number of primary amides is 1. The molecule has 0 aromatic carbocycles. The van der Waals surface area contributed by atoms with Crippen molar-refractivity contribution in [2.24, 2.45) is 11.1 Å². The first-order valence-corrected chi connectivity index (χ1v) is 6.56. The van der Waals surface area contributed by atoms with E-state index in [4.69, 9.17) is 5.73 Å². The minimum Gasteiger partial charge on any atom is -0.364 e. The van der Waals surface area contributed by atoms with Gasteiger partial charge < -0.3 is 5.73 Å². The molecule has 0 spiro atoms. The summed E-state index contributed by atoms with van der Waals surface area (Å²) in [5.74, 6) is -0.491. The number of aromatic nitrogens is 2. The number of carbonyl (C=O) groups excluding carboxylic acids is 1. The largest absolute Gasteiger partial charge is 0.364 e. The molecular weight excluding hydrogens is 250 g/mol. The number of nitrogens with two attached hydrogens (primary N) is 1. The van der Waals surface area contributed by atoms with E-state index in [1.807, 2.05) is 18.2 Å². The normalized spacial score (nSPS) is 11.3. The van der Waals surface area contributed by atoms with Crippen molar-refractivity contribution in [3.63, 3.8) is 0 Å². The van der Waals surface area contributed by atoms with E-state index in [1.54, 1.807) is 18.6 Å². The number of pyridine rings is 2. The summed E-state index contributed by atoms with van der Waals surface area (Å²) in [5, 5.41) is 0. The maximum atomic E-state index is 11.6. The average Bonchev–Trinajstić information content (AvgIpc) is 2.38. The van der Waals surface area contributed by atoms with Crippen molar-refractivity contribution in [2.75, 3.05) is 0 Å². The van der Waals surface area contributed by atoms with E-state index >= 15 is 0 Å². The second-order valence-electron chi connectivity index (χ2n) is 6.03. The molecule has 0 saturated carbocycles. The van der Waals surface area contributed by atoms with E-state index in [0.29, 0.717) is 5.69 Å². The molecule has 2 rings (SSSR count). The van der Waals surface area contributed by atoms with Gasteiger partial charge in [-0.15, -0.1) is 0 Å². The third-order valence-corrected chi connectivity index (χ3v) is 2.97. The van der Waals surface area contributed by atoms with Gasteiger partial charge in [-0.05, 0) is 35.1 Å². The lowest BCUT2D eigenvalue weighted by Gasteiger charge is -2.21. The fourth-order valence-corrected chi connectivity index (χ4v) is 2.21. The summed E-state index contributed by atoms with van der Waals surface area (Å²) in [7, 11) is 0. The minimum atomic E-state index is -0.491. The molecule has 2 aromatic heterocycles. The van der Waals surface area contributed by atoms with Gasteiger partial charge in [0.25, 0.3) is 5.91 Å². The van der Waals surface area contributed by atoms with Gasteiger partial charge in [-0.25, -0.2) is 0 Å². The van der Waals surface area contributed by atoms with Crippen LogP contribution >= 0.6 is 0 Å². The highest BCUT2D eigenvalue weighted by Crippen LogP contribution is 2.30. The van der Waals surface area contributed by atoms with Gasteiger partial charge in [0.05, 0.1) is 0 Å². The third-order valence-electron chi connectivity index (χ3n) is 2.97. The molecular formula is C16H19N3O. The number of amides is 1. The molecule has 1 amide bonds. The third kappa shape index (κ3) is 3.20. The van der Waals surface area contributed by atoms with Crippen LogP contribution in [-0.2, 0) is 6.42 Å². The molecule has 0 bridgehead atoms. The van der Waals surface area contributed by atoms with Crippen LogP contribution in [0.1, 0.15) is 36.8 Å². The predicted octanol–water partition coefficient (Wildman–Crippen LogP) is 2.83. The van der Waals surface area contributed by atoms with Crippen LogP contribution in [0.15, 0.2) is 36.8 Å². The Balaban J connectivity index is 2.62. The molecule has 2 N–H and O–H groups in total. The van der Waals surface area contributed by atoms with Crippen molar-refractivity contribution < 1.29 is 4.79 Å². The van der Waals surface area contributed by atoms with Gasteiger partial charge in [0.1, 0.15) is 5.69 Å². The van der Waals surface area contributed by atoms with E-state index in [1.165, 1.54) is 0 Å². The molecule has 0 radical (unpaired) electrons. The van der Waals surface area contributed by atoms with Gasteiger partial charge in [-0.2, -0.15) is 0 Å². The van der Waals surface area contributed by atoms with Crippen molar-refractivity contribution >= 4 is 5.91 Å². The van der Waals surface area contributed by atoms with Crippen LogP contribution in [0, 0.1) is 5.41 Å². The fraction of sp³-hybridized carbons (Fsp3) is 0.312. The first-order chi connectivity index (χ1) is 9.38.